The number of aliphatic imine (C=N–C) groups is 1. The molecule has 4 rings (SSSR count). The summed E-state index contributed by atoms with van der Waals surface area (Å²) in [5, 5.41) is 21.2. The molecule has 15 nitrogen and oxygen atoms in total. The summed E-state index contributed by atoms with van der Waals surface area (Å²) >= 11 is 0. The van der Waals surface area contributed by atoms with E-state index in [4.69, 9.17) is 5.73 Å². The van der Waals surface area contributed by atoms with Crippen molar-refractivity contribution < 1.29 is 29.1 Å². The Balaban J connectivity index is 1.70. The van der Waals surface area contributed by atoms with Gasteiger partial charge in [-0.1, -0.05) is 37.3 Å². The molecule has 1 aliphatic carbocycles. The number of nitrogens with two attached hydrogens (primary N) is 1. The average Bonchev–Trinajstić information content (AvgIpc) is 3.71. The number of hydrogen-bond donors (Lipinski definition) is 3. The second kappa shape index (κ2) is 12.9. The molecule has 2 aliphatic rings. The summed E-state index contributed by atoms with van der Waals surface area (Å²) < 4.78 is 2.99. The lowest BCUT2D eigenvalue weighted by molar-refractivity contribution is -0.139. The quantitative estimate of drug-likeness (QED) is 0.252. The number of aromatic nitrogens is 5. The number of Topliss-reactive ketones (excluding diaryl/α,β-unsaturated/α-hetero) is 1. The van der Waals surface area contributed by atoms with Crippen LogP contribution in [0.15, 0.2) is 23.7 Å². The number of ketones is 1. The molecular weight excluding hydrogens is 558 g/mol. The third-order valence-corrected chi connectivity index (χ3v) is 8.11. The Labute approximate surface area is 248 Å². The van der Waals surface area contributed by atoms with Gasteiger partial charge in [0.1, 0.15) is 23.0 Å². The second-order valence-electron chi connectivity index (χ2n) is 11.9. The van der Waals surface area contributed by atoms with Gasteiger partial charge in [-0.3, -0.25) is 24.0 Å². The largest absolute Gasteiger partial charge is 0.384 e. The second-order valence-corrected chi connectivity index (χ2v) is 11.9. The molecule has 3 atom stereocenters. The first-order valence-corrected chi connectivity index (χ1v) is 14.4. The van der Waals surface area contributed by atoms with E-state index in [0.717, 1.165) is 32.1 Å². The number of primary amides is 1. The molecule has 43 heavy (non-hydrogen) atoms. The Morgan fingerprint density at radius 1 is 1.16 bits per heavy atom. The Hall–Kier alpha value is -4.27. The number of amides is 4. The zero-order chi connectivity index (χ0) is 31.5. The molecule has 0 aromatic carbocycles. The molecule has 1 unspecified atom stereocenters. The van der Waals surface area contributed by atoms with Gasteiger partial charge in [-0.25, -0.2) is 14.7 Å². The van der Waals surface area contributed by atoms with Gasteiger partial charge in [0, 0.05) is 20.0 Å². The molecule has 3 heterocycles. The molecule has 1 aliphatic heterocycles. The number of carbonyl (C=O) groups is 5. The van der Waals surface area contributed by atoms with E-state index in [1.165, 1.54) is 39.8 Å². The number of imidazole rings is 1. The van der Waals surface area contributed by atoms with E-state index in [0.29, 0.717) is 5.69 Å². The highest BCUT2D eigenvalue weighted by Gasteiger charge is 2.44. The summed E-state index contributed by atoms with van der Waals surface area (Å²) in [6.07, 6.45) is 9.47. The van der Waals surface area contributed by atoms with Crippen LogP contribution in [0, 0.1) is 5.92 Å². The third-order valence-electron chi connectivity index (χ3n) is 8.11. The van der Waals surface area contributed by atoms with E-state index in [2.05, 4.69) is 25.6 Å². The van der Waals surface area contributed by atoms with Gasteiger partial charge in [-0.05, 0) is 33.1 Å². The number of hydrogen-bond acceptors (Lipinski definition) is 9. The number of aryl methyl sites for hydroxylation is 1. The van der Waals surface area contributed by atoms with Crippen molar-refractivity contribution in [2.75, 3.05) is 6.54 Å². The Morgan fingerprint density at radius 2 is 1.86 bits per heavy atom. The summed E-state index contributed by atoms with van der Waals surface area (Å²) in [5.74, 6) is -3.94. The molecule has 4 amide bonds. The third kappa shape index (κ3) is 7.21. The first-order valence-electron chi connectivity index (χ1n) is 14.4. The van der Waals surface area contributed by atoms with Crippen molar-refractivity contribution in [3.8, 4) is 0 Å². The SMILES string of the molecule is CC(NC(=O)[C@@H]1C[C@H](n2nncc2C(C)(C)O)CN1C(=O)/C(CC1CCCCC1)=N/C(=O)c1cncn1C)C(=O)C(N)=O. The van der Waals surface area contributed by atoms with Crippen LogP contribution in [0.25, 0.3) is 0 Å². The molecular formula is C28H39N9O6. The molecule has 0 spiro atoms. The van der Waals surface area contributed by atoms with E-state index >= 15 is 0 Å². The fraction of sp³-hybridized carbons (Fsp3) is 0.607. The number of nitrogens with zero attached hydrogens (tertiary/aromatic N) is 7. The number of aliphatic hydroxyl groups is 1. The van der Waals surface area contributed by atoms with E-state index in [1.807, 2.05) is 0 Å². The van der Waals surface area contributed by atoms with Gasteiger partial charge in [0.2, 0.25) is 11.7 Å². The van der Waals surface area contributed by atoms with Gasteiger partial charge >= 0.3 is 0 Å². The minimum Gasteiger partial charge on any atom is -0.384 e. The average molecular weight is 598 g/mol. The van der Waals surface area contributed by atoms with Crippen molar-refractivity contribution in [2.24, 2.45) is 23.7 Å². The topological polar surface area (TPSA) is 208 Å². The van der Waals surface area contributed by atoms with Crippen LogP contribution in [0.5, 0.6) is 0 Å². The Kier molecular flexibility index (Phi) is 9.52. The van der Waals surface area contributed by atoms with Crippen molar-refractivity contribution >= 4 is 35.1 Å². The van der Waals surface area contributed by atoms with Crippen LogP contribution in [-0.2, 0) is 31.8 Å². The van der Waals surface area contributed by atoms with Gasteiger partial charge in [-0.2, -0.15) is 0 Å². The molecule has 1 saturated heterocycles. The van der Waals surface area contributed by atoms with Gasteiger partial charge in [-0.15, -0.1) is 5.10 Å². The molecule has 15 heteroatoms. The predicted molar refractivity (Wildman–Crippen MR) is 152 cm³/mol. The van der Waals surface area contributed by atoms with Crippen LogP contribution in [0.2, 0.25) is 0 Å². The van der Waals surface area contributed by atoms with Crippen molar-refractivity contribution in [1.82, 2.24) is 34.8 Å². The fourth-order valence-corrected chi connectivity index (χ4v) is 5.76. The monoisotopic (exact) mass is 597 g/mol. The lowest BCUT2D eigenvalue weighted by atomic mass is 9.85. The van der Waals surface area contributed by atoms with Crippen LogP contribution in [0.4, 0.5) is 0 Å². The molecule has 2 aromatic heterocycles. The maximum atomic E-state index is 14.3. The highest BCUT2D eigenvalue weighted by Crippen LogP contribution is 2.33. The maximum Gasteiger partial charge on any atom is 0.295 e. The molecule has 1 saturated carbocycles. The van der Waals surface area contributed by atoms with Gasteiger partial charge < -0.3 is 25.6 Å². The lowest BCUT2D eigenvalue weighted by Crippen LogP contribution is -2.52. The maximum absolute atomic E-state index is 14.3. The first kappa shape index (κ1) is 31.7. The minimum absolute atomic E-state index is 0.00884. The summed E-state index contributed by atoms with van der Waals surface area (Å²) in [5.41, 5.74) is 4.41. The first-order chi connectivity index (χ1) is 20.3. The summed E-state index contributed by atoms with van der Waals surface area (Å²) in [7, 11) is 1.65. The van der Waals surface area contributed by atoms with E-state index in [-0.39, 0.29) is 36.7 Å². The van der Waals surface area contributed by atoms with Crippen LogP contribution >= 0.6 is 0 Å². The van der Waals surface area contributed by atoms with Crippen molar-refractivity contribution in [2.45, 2.75) is 89.4 Å². The zero-order valence-corrected chi connectivity index (χ0v) is 24.9. The van der Waals surface area contributed by atoms with E-state index in [9.17, 15) is 29.1 Å². The molecule has 0 bridgehead atoms. The van der Waals surface area contributed by atoms with E-state index < -0.39 is 53.1 Å². The normalized spacial score (nSPS) is 20.6. The van der Waals surface area contributed by atoms with Crippen molar-refractivity contribution in [3.63, 3.8) is 0 Å². The van der Waals surface area contributed by atoms with Gasteiger partial charge in [0.05, 0.1) is 36.5 Å². The van der Waals surface area contributed by atoms with Crippen LogP contribution in [-0.4, -0.2) is 88.3 Å². The summed E-state index contributed by atoms with van der Waals surface area (Å²) in [6.45, 7) is 4.46. The lowest BCUT2D eigenvalue weighted by Gasteiger charge is -2.27. The summed E-state index contributed by atoms with van der Waals surface area (Å²) in [4.78, 5) is 74.1. The van der Waals surface area contributed by atoms with Crippen LogP contribution < -0.4 is 11.1 Å². The fourth-order valence-electron chi connectivity index (χ4n) is 5.76. The molecule has 4 N–H and O–H groups in total. The number of nitrogens with one attached hydrogen (secondary N) is 1. The van der Waals surface area contributed by atoms with Crippen molar-refractivity contribution in [3.05, 3.63) is 30.1 Å². The molecule has 232 valence electrons. The summed E-state index contributed by atoms with van der Waals surface area (Å²) in [6, 6.07) is -2.90. The van der Waals surface area contributed by atoms with Crippen molar-refractivity contribution in [1.29, 1.82) is 0 Å². The van der Waals surface area contributed by atoms with Crippen LogP contribution in [0.3, 0.4) is 0 Å². The molecule has 2 aromatic rings. The minimum atomic E-state index is -1.32. The zero-order valence-electron chi connectivity index (χ0n) is 24.9. The Bertz CT molecular complexity index is 1420. The molecule has 0 radical (unpaired) electrons. The highest BCUT2D eigenvalue weighted by molar-refractivity contribution is 6.41. The Morgan fingerprint density at radius 3 is 2.47 bits per heavy atom. The van der Waals surface area contributed by atoms with Gasteiger partial charge in [0.15, 0.2) is 0 Å². The highest BCUT2D eigenvalue weighted by atomic mass is 16.3. The number of likely N-dealkylation sites (tertiary alicyclic amines) is 1. The smallest absolute Gasteiger partial charge is 0.295 e. The van der Waals surface area contributed by atoms with Crippen LogP contribution in [0.1, 0.15) is 87.9 Å². The number of rotatable bonds is 10. The molecule has 2 fully saturated rings. The number of carbonyl (C=O) groups excluding carboxylic acids is 5. The van der Waals surface area contributed by atoms with Gasteiger partial charge in [0.25, 0.3) is 17.7 Å². The standard InChI is InChI=1S/C28H39N9O6/c1-16(23(38)24(29)39)32-25(40)20-11-18(37-22(13-31-34-37)28(2,3)43)14-36(20)27(42)19(10-17-8-6-5-7-9-17)33-26(41)21-12-30-15-35(21)4/h12-13,15-18,20,43H,5-11,14H2,1-4H3,(H2,29,39)(H,32,40)/b33-19+/t16?,18-,20-/m0/s1. The predicted octanol–water partition coefficient (Wildman–Crippen LogP) is 0.192. The van der Waals surface area contributed by atoms with E-state index in [1.54, 1.807) is 20.9 Å².